The van der Waals surface area contributed by atoms with Gasteiger partial charge in [-0.05, 0) is 44.4 Å². The molecule has 6 nitrogen and oxygen atoms in total. The van der Waals surface area contributed by atoms with Crippen molar-refractivity contribution in [3.05, 3.63) is 47.5 Å². The first kappa shape index (κ1) is 21.7. The number of benzene rings is 1. The molecule has 0 amide bonds. The molecule has 1 unspecified atom stereocenters. The number of nitrogens with one attached hydrogen (secondary N) is 2. The lowest BCUT2D eigenvalue weighted by Crippen LogP contribution is -2.38. The Morgan fingerprint density at radius 3 is 2.72 bits per heavy atom. The number of aromatic nitrogens is 3. The fourth-order valence-electron chi connectivity index (χ4n) is 2.32. The van der Waals surface area contributed by atoms with Crippen LogP contribution in [0.1, 0.15) is 38.3 Å². The van der Waals surface area contributed by atoms with Gasteiger partial charge < -0.3 is 15.2 Å². The zero-order valence-electron chi connectivity index (χ0n) is 14.7. The fourth-order valence-corrected chi connectivity index (χ4v) is 2.52. The quantitative estimate of drug-likeness (QED) is 0.264. The van der Waals surface area contributed by atoms with Gasteiger partial charge in [0.15, 0.2) is 5.96 Å². The molecule has 1 atom stereocenters. The standard InChI is InChI=1S/C17H25ClN6.HI/c1-3-19-17(20-9-4-5-10-24-12-21-22-13-24)23-14(2)15-7-6-8-16(18)11-15;/h6-8,11-14H,3-5,9-10H2,1-2H3,(H2,19,20,23);1H. The monoisotopic (exact) mass is 476 g/mol. The molecule has 2 N–H and O–H groups in total. The number of unbranched alkanes of at least 4 members (excludes halogenated alkanes) is 1. The molecule has 0 bridgehead atoms. The van der Waals surface area contributed by atoms with Gasteiger partial charge in [-0.3, -0.25) is 4.99 Å². The van der Waals surface area contributed by atoms with Gasteiger partial charge in [-0.1, -0.05) is 23.7 Å². The number of aryl methyl sites for hydroxylation is 1. The SMILES string of the molecule is CCNC(=NCCCCn1cnnc1)NC(C)c1cccc(Cl)c1.I. The van der Waals surface area contributed by atoms with E-state index in [0.717, 1.165) is 49.0 Å². The predicted octanol–water partition coefficient (Wildman–Crippen LogP) is 3.65. The van der Waals surface area contributed by atoms with Crippen molar-refractivity contribution in [2.45, 2.75) is 39.3 Å². The van der Waals surface area contributed by atoms with E-state index < -0.39 is 0 Å². The van der Waals surface area contributed by atoms with Crippen molar-refractivity contribution in [3.63, 3.8) is 0 Å². The summed E-state index contributed by atoms with van der Waals surface area (Å²) in [7, 11) is 0. The smallest absolute Gasteiger partial charge is 0.191 e. The summed E-state index contributed by atoms with van der Waals surface area (Å²) < 4.78 is 1.98. The number of guanidine groups is 1. The van der Waals surface area contributed by atoms with E-state index in [1.54, 1.807) is 12.7 Å². The first-order valence-electron chi connectivity index (χ1n) is 8.31. The number of halogens is 2. The van der Waals surface area contributed by atoms with Crippen LogP contribution in [-0.2, 0) is 6.54 Å². The van der Waals surface area contributed by atoms with Gasteiger partial charge in [0.25, 0.3) is 0 Å². The van der Waals surface area contributed by atoms with E-state index in [2.05, 4.69) is 45.7 Å². The molecule has 2 rings (SSSR count). The van der Waals surface area contributed by atoms with Crippen LogP contribution in [0.25, 0.3) is 0 Å². The van der Waals surface area contributed by atoms with Crippen molar-refractivity contribution in [2.24, 2.45) is 4.99 Å². The topological polar surface area (TPSA) is 67.1 Å². The summed E-state index contributed by atoms with van der Waals surface area (Å²) in [6.45, 7) is 6.69. The molecule has 1 aromatic carbocycles. The highest BCUT2D eigenvalue weighted by Gasteiger charge is 2.07. The van der Waals surface area contributed by atoms with Crippen LogP contribution < -0.4 is 10.6 Å². The molecule has 0 fully saturated rings. The first-order chi connectivity index (χ1) is 11.7. The summed E-state index contributed by atoms with van der Waals surface area (Å²) in [4.78, 5) is 4.64. The molecule has 0 radical (unpaired) electrons. The van der Waals surface area contributed by atoms with Gasteiger partial charge in [-0.2, -0.15) is 0 Å². The zero-order valence-corrected chi connectivity index (χ0v) is 17.7. The molecular formula is C17H26ClIN6. The molecular weight excluding hydrogens is 451 g/mol. The van der Waals surface area contributed by atoms with E-state index in [0.29, 0.717) is 0 Å². The highest BCUT2D eigenvalue weighted by molar-refractivity contribution is 14.0. The summed E-state index contributed by atoms with van der Waals surface area (Å²) in [6.07, 6.45) is 5.54. The van der Waals surface area contributed by atoms with Gasteiger partial charge in [0.1, 0.15) is 12.7 Å². The molecule has 0 saturated carbocycles. The van der Waals surface area contributed by atoms with Crippen LogP contribution in [0, 0.1) is 0 Å². The Balaban J connectivity index is 0.00000312. The molecule has 25 heavy (non-hydrogen) atoms. The van der Waals surface area contributed by atoms with Crippen LogP contribution in [0.15, 0.2) is 41.9 Å². The molecule has 0 saturated heterocycles. The maximum atomic E-state index is 6.06. The van der Waals surface area contributed by atoms with Gasteiger partial charge in [0.2, 0.25) is 0 Å². The Labute approximate surface area is 171 Å². The van der Waals surface area contributed by atoms with Crippen LogP contribution >= 0.6 is 35.6 Å². The van der Waals surface area contributed by atoms with E-state index in [9.17, 15) is 0 Å². The summed E-state index contributed by atoms with van der Waals surface area (Å²) in [6, 6.07) is 8.02. The van der Waals surface area contributed by atoms with Gasteiger partial charge >= 0.3 is 0 Å². The minimum atomic E-state index is 0. The van der Waals surface area contributed by atoms with Crippen LogP contribution in [0.4, 0.5) is 0 Å². The van der Waals surface area contributed by atoms with Crippen molar-refractivity contribution in [1.29, 1.82) is 0 Å². The summed E-state index contributed by atoms with van der Waals surface area (Å²) in [5, 5.41) is 15.0. The lowest BCUT2D eigenvalue weighted by atomic mass is 10.1. The van der Waals surface area contributed by atoms with E-state index in [-0.39, 0.29) is 30.0 Å². The second kappa shape index (κ2) is 12.1. The predicted molar refractivity (Wildman–Crippen MR) is 114 cm³/mol. The van der Waals surface area contributed by atoms with E-state index in [1.165, 1.54) is 0 Å². The van der Waals surface area contributed by atoms with Crippen molar-refractivity contribution in [3.8, 4) is 0 Å². The van der Waals surface area contributed by atoms with E-state index >= 15 is 0 Å². The summed E-state index contributed by atoms with van der Waals surface area (Å²) in [5.41, 5.74) is 1.14. The van der Waals surface area contributed by atoms with Gasteiger partial charge in [0.05, 0.1) is 6.04 Å². The van der Waals surface area contributed by atoms with Crippen LogP contribution in [0.5, 0.6) is 0 Å². The lowest BCUT2D eigenvalue weighted by Gasteiger charge is -2.18. The number of nitrogens with zero attached hydrogens (tertiary/aromatic N) is 4. The van der Waals surface area contributed by atoms with Crippen LogP contribution in [0.3, 0.4) is 0 Å². The Hall–Kier alpha value is -1.35. The van der Waals surface area contributed by atoms with Crippen molar-refractivity contribution < 1.29 is 0 Å². The van der Waals surface area contributed by atoms with Crippen molar-refractivity contribution >= 4 is 41.5 Å². The second-order valence-corrected chi connectivity index (χ2v) is 6.02. The molecule has 0 aliphatic heterocycles. The van der Waals surface area contributed by atoms with Crippen LogP contribution in [-0.4, -0.2) is 33.8 Å². The minimum absolute atomic E-state index is 0. The largest absolute Gasteiger partial charge is 0.357 e. The number of aliphatic imine (C=N–C) groups is 1. The molecule has 1 aromatic heterocycles. The van der Waals surface area contributed by atoms with E-state index in [1.807, 2.05) is 22.8 Å². The van der Waals surface area contributed by atoms with Gasteiger partial charge in [0, 0.05) is 24.7 Å². The number of hydrogen-bond acceptors (Lipinski definition) is 3. The third-order valence-electron chi connectivity index (χ3n) is 3.61. The highest BCUT2D eigenvalue weighted by Crippen LogP contribution is 2.17. The Morgan fingerprint density at radius 1 is 1.28 bits per heavy atom. The minimum Gasteiger partial charge on any atom is -0.357 e. The average molecular weight is 477 g/mol. The molecule has 0 aliphatic rings. The summed E-state index contributed by atoms with van der Waals surface area (Å²) >= 11 is 6.06. The maximum Gasteiger partial charge on any atom is 0.191 e. The lowest BCUT2D eigenvalue weighted by molar-refractivity contribution is 0.609. The number of hydrogen-bond donors (Lipinski definition) is 2. The Bertz CT molecular complexity index is 632. The third-order valence-corrected chi connectivity index (χ3v) is 3.84. The van der Waals surface area contributed by atoms with Gasteiger partial charge in [-0.25, -0.2) is 0 Å². The molecule has 0 spiro atoms. The molecule has 8 heteroatoms. The second-order valence-electron chi connectivity index (χ2n) is 5.59. The molecule has 2 aromatic rings. The van der Waals surface area contributed by atoms with Crippen LogP contribution in [0.2, 0.25) is 5.02 Å². The van der Waals surface area contributed by atoms with E-state index in [4.69, 9.17) is 11.6 Å². The average Bonchev–Trinajstić information content (AvgIpc) is 3.08. The summed E-state index contributed by atoms with van der Waals surface area (Å²) in [5.74, 6) is 0.828. The molecule has 1 heterocycles. The normalized spacial score (nSPS) is 12.4. The molecule has 138 valence electrons. The third kappa shape index (κ3) is 8.04. The van der Waals surface area contributed by atoms with Gasteiger partial charge in [-0.15, -0.1) is 34.2 Å². The zero-order chi connectivity index (χ0) is 17.2. The Kier molecular flexibility index (Phi) is 10.5. The highest BCUT2D eigenvalue weighted by atomic mass is 127. The van der Waals surface area contributed by atoms with Crippen molar-refractivity contribution in [2.75, 3.05) is 13.1 Å². The van der Waals surface area contributed by atoms with Crippen molar-refractivity contribution in [1.82, 2.24) is 25.4 Å². The fraction of sp³-hybridized carbons (Fsp3) is 0.471. The first-order valence-corrected chi connectivity index (χ1v) is 8.69. The molecule has 0 aliphatic carbocycles. The Morgan fingerprint density at radius 2 is 2.04 bits per heavy atom. The maximum absolute atomic E-state index is 6.06. The number of rotatable bonds is 8.